The average molecular weight is 369 g/mol. The second-order valence-corrected chi connectivity index (χ2v) is 6.82. The van der Waals surface area contributed by atoms with E-state index < -0.39 is 17.7 Å². The maximum Gasteiger partial charge on any atom is 0.290 e. The lowest BCUT2D eigenvalue weighted by molar-refractivity contribution is -0.130. The van der Waals surface area contributed by atoms with Crippen molar-refractivity contribution in [1.29, 1.82) is 0 Å². The highest BCUT2D eigenvalue weighted by molar-refractivity contribution is 6.09. The van der Waals surface area contributed by atoms with Crippen molar-refractivity contribution >= 4 is 11.7 Å². The molecular formula is C20H19NO6. The monoisotopic (exact) mass is 369 g/mol. The Kier molecular flexibility index (Phi) is 4.14. The molecule has 1 aromatic carbocycles. The number of hydrogen-bond donors (Lipinski definition) is 1. The lowest BCUT2D eigenvalue weighted by Gasteiger charge is -2.25. The van der Waals surface area contributed by atoms with Gasteiger partial charge < -0.3 is 23.9 Å². The minimum absolute atomic E-state index is 0.0747. The second kappa shape index (κ2) is 6.50. The van der Waals surface area contributed by atoms with Gasteiger partial charge in [0.15, 0.2) is 23.0 Å². The Bertz CT molecular complexity index is 928. The molecule has 2 aliphatic rings. The third kappa shape index (κ3) is 2.85. The van der Waals surface area contributed by atoms with Crippen LogP contribution in [0.4, 0.5) is 0 Å². The fourth-order valence-electron chi connectivity index (χ4n) is 3.36. The van der Waals surface area contributed by atoms with Crippen LogP contribution in [0.1, 0.15) is 31.2 Å². The molecule has 0 aliphatic carbocycles. The van der Waals surface area contributed by atoms with Gasteiger partial charge in [0.05, 0.1) is 11.8 Å². The number of furan rings is 1. The number of ketones is 1. The molecular weight excluding hydrogens is 350 g/mol. The number of Topliss-reactive ketones (excluding diaryl/α,β-unsaturated/α-hetero) is 1. The third-order valence-corrected chi connectivity index (χ3v) is 4.70. The van der Waals surface area contributed by atoms with Gasteiger partial charge in [-0.05, 0) is 29.8 Å². The van der Waals surface area contributed by atoms with Gasteiger partial charge >= 0.3 is 0 Å². The number of aliphatic hydroxyl groups is 1. The summed E-state index contributed by atoms with van der Waals surface area (Å²) < 4.78 is 16.2. The van der Waals surface area contributed by atoms with Crippen molar-refractivity contribution in [3.63, 3.8) is 0 Å². The summed E-state index contributed by atoms with van der Waals surface area (Å²) >= 11 is 0. The predicted octanol–water partition coefficient (Wildman–Crippen LogP) is 3.13. The van der Waals surface area contributed by atoms with Crippen LogP contribution in [0.3, 0.4) is 0 Å². The maximum absolute atomic E-state index is 12.8. The van der Waals surface area contributed by atoms with Crippen molar-refractivity contribution in [2.24, 2.45) is 5.92 Å². The molecule has 27 heavy (non-hydrogen) atoms. The Labute approximate surface area is 155 Å². The molecule has 140 valence electrons. The number of carbonyl (C=O) groups is 2. The zero-order valence-electron chi connectivity index (χ0n) is 15.0. The zero-order chi connectivity index (χ0) is 19.1. The molecule has 3 heterocycles. The highest BCUT2D eigenvalue weighted by atomic mass is 16.7. The van der Waals surface area contributed by atoms with Crippen molar-refractivity contribution in [2.45, 2.75) is 26.4 Å². The Morgan fingerprint density at radius 1 is 1.26 bits per heavy atom. The lowest BCUT2D eigenvalue weighted by atomic mass is 9.94. The fraction of sp³-hybridized carbons (Fsp3) is 0.300. The first-order valence-electron chi connectivity index (χ1n) is 8.67. The summed E-state index contributed by atoms with van der Waals surface area (Å²) in [5, 5.41) is 10.4. The number of benzene rings is 1. The van der Waals surface area contributed by atoms with Gasteiger partial charge in [0, 0.05) is 12.5 Å². The molecule has 2 aromatic rings. The highest BCUT2D eigenvalue weighted by Crippen LogP contribution is 2.41. The molecule has 0 fully saturated rings. The van der Waals surface area contributed by atoms with E-state index in [0.29, 0.717) is 17.3 Å². The van der Waals surface area contributed by atoms with Crippen LogP contribution in [-0.2, 0) is 16.1 Å². The van der Waals surface area contributed by atoms with Crippen molar-refractivity contribution in [3.05, 3.63) is 59.3 Å². The summed E-state index contributed by atoms with van der Waals surface area (Å²) in [5.74, 6) is -0.0884. The number of ether oxygens (including phenoxy) is 2. The number of aliphatic hydroxyl groups excluding tert-OH is 1. The van der Waals surface area contributed by atoms with E-state index in [2.05, 4.69) is 0 Å². The van der Waals surface area contributed by atoms with Gasteiger partial charge in [0.1, 0.15) is 11.8 Å². The smallest absolute Gasteiger partial charge is 0.290 e. The van der Waals surface area contributed by atoms with Gasteiger partial charge in [-0.25, -0.2) is 0 Å². The quantitative estimate of drug-likeness (QED) is 0.871. The number of amides is 1. The highest BCUT2D eigenvalue weighted by Gasteiger charge is 2.45. The van der Waals surface area contributed by atoms with Gasteiger partial charge in [-0.1, -0.05) is 19.9 Å². The van der Waals surface area contributed by atoms with Crippen LogP contribution in [0, 0.1) is 5.92 Å². The first kappa shape index (κ1) is 17.2. The largest absolute Gasteiger partial charge is 0.503 e. The Balaban J connectivity index is 1.71. The molecule has 7 nitrogen and oxygen atoms in total. The maximum atomic E-state index is 12.8. The van der Waals surface area contributed by atoms with Crippen molar-refractivity contribution < 1.29 is 28.6 Å². The van der Waals surface area contributed by atoms with E-state index >= 15 is 0 Å². The van der Waals surface area contributed by atoms with Gasteiger partial charge in [0.25, 0.3) is 5.91 Å². The standard InChI is InChI=1S/C20H19NO6/c1-11(2)18(22)16-17(14-4-3-7-25-14)21(20(24)19(16)23)9-12-5-6-13-15(8-12)27-10-26-13/h3-8,11,17,23H,9-10H2,1-2H3. The average Bonchev–Trinajstić information content (AvgIpc) is 3.37. The van der Waals surface area contributed by atoms with E-state index in [1.165, 1.54) is 11.2 Å². The third-order valence-electron chi connectivity index (χ3n) is 4.70. The van der Waals surface area contributed by atoms with Crippen LogP contribution in [0.15, 0.2) is 52.3 Å². The van der Waals surface area contributed by atoms with Crippen LogP contribution in [0.2, 0.25) is 0 Å². The molecule has 4 rings (SSSR count). The van der Waals surface area contributed by atoms with Crippen molar-refractivity contribution in [1.82, 2.24) is 4.90 Å². The van der Waals surface area contributed by atoms with E-state index in [1.807, 2.05) is 6.07 Å². The molecule has 0 saturated carbocycles. The molecule has 1 aromatic heterocycles. The van der Waals surface area contributed by atoms with Crippen LogP contribution < -0.4 is 9.47 Å². The van der Waals surface area contributed by atoms with Crippen LogP contribution in [0.25, 0.3) is 0 Å². The summed E-state index contributed by atoms with van der Waals surface area (Å²) in [5.41, 5.74) is 0.862. The summed E-state index contributed by atoms with van der Waals surface area (Å²) in [7, 11) is 0. The lowest BCUT2D eigenvalue weighted by Crippen LogP contribution is -2.30. The predicted molar refractivity (Wildman–Crippen MR) is 94.1 cm³/mol. The summed E-state index contributed by atoms with van der Waals surface area (Å²) in [6, 6.07) is 7.98. The molecule has 2 aliphatic heterocycles. The van der Waals surface area contributed by atoms with Gasteiger partial charge in [-0.3, -0.25) is 9.59 Å². The molecule has 0 bridgehead atoms. The Morgan fingerprint density at radius 2 is 2.04 bits per heavy atom. The molecule has 0 spiro atoms. The molecule has 0 saturated heterocycles. The summed E-state index contributed by atoms with van der Waals surface area (Å²) in [6.07, 6.45) is 1.48. The number of hydrogen-bond acceptors (Lipinski definition) is 6. The topological polar surface area (TPSA) is 89.2 Å². The number of nitrogens with zero attached hydrogens (tertiary/aromatic N) is 1. The zero-order valence-corrected chi connectivity index (χ0v) is 15.0. The number of rotatable bonds is 5. The van der Waals surface area contributed by atoms with E-state index in [1.54, 1.807) is 38.1 Å². The number of fused-ring (bicyclic) bond motifs is 1. The van der Waals surface area contributed by atoms with E-state index in [4.69, 9.17) is 13.9 Å². The van der Waals surface area contributed by atoms with Gasteiger partial charge in [0.2, 0.25) is 6.79 Å². The molecule has 1 atom stereocenters. The first-order chi connectivity index (χ1) is 13.0. The molecule has 7 heteroatoms. The molecule has 1 N–H and O–H groups in total. The van der Waals surface area contributed by atoms with E-state index in [9.17, 15) is 14.7 Å². The summed E-state index contributed by atoms with van der Waals surface area (Å²) in [6.45, 7) is 3.80. The van der Waals surface area contributed by atoms with Gasteiger partial charge in [-0.2, -0.15) is 0 Å². The van der Waals surface area contributed by atoms with Crippen molar-refractivity contribution in [3.8, 4) is 11.5 Å². The van der Waals surface area contributed by atoms with Crippen LogP contribution >= 0.6 is 0 Å². The van der Waals surface area contributed by atoms with E-state index in [0.717, 1.165) is 5.56 Å². The van der Waals surface area contributed by atoms with E-state index in [-0.39, 0.29) is 30.6 Å². The van der Waals surface area contributed by atoms with Gasteiger partial charge in [-0.15, -0.1) is 0 Å². The van der Waals surface area contributed by atoms with Crippen LogP contribution in [-0.4, -0.2) is 28.5 Å². The Hall–Kier alpha value is -3.22. The normalized spacial score (nSPS) is 18.7. The second-order valence-electron chi connectivity index (χ2n) is 6.82. The minimum Gasteiger partial charge on any atom is -0.503 e. The fourth-order valence-corrected chi connectivity index (χ4v) is 3.36. The molecule has 1 unspecified atom stereocenters. The SMILES string of the molecule is CC(C)C(=O)C1=C(O)C(=O)N(Cc2ccc3c(c2)OCO3)C1c1ccco1. The number of carbonyl (C=O) groups excluding carboxylic acids is 2. The van der Waals surface area contributed by atoms with Crippen molar-refractivity contribution in [2.75, 3.05) is 6.79 Å². The summed E-state index contributed by atoms with van der Waals surface area (Å²) in [4.78, 5) is 26.9. The first-order valence-corrected chi connectivity index (χ1v) is 8.67. The molecule has 0 radical (unpaired) electrons. The molecule has 1 amide bonds. The van der Waals surface area contributed by atoms with Crippen LogP contribution in [0.5, 0.6) is 11.5 Å². The minimum atomic E-state index is -0.771. The Morgan fingerprint density at radius 3 is 2.74 bits per heavy atom.